The maximum absolute atomic E-state index is 13.1. The summed E-state index contributed by atoms with van der Waals surface area (Å²) in [4.78, 5) is 17.7. The Labute approximate surface area is 165 Å². The highest BCUT2D eigenvalue weighted by Gasteiger charge is 2.31. The average molecular weight is 378 g/mol. The fraction of sp³-hybridized carbons (Fsp3) is 0.435. The maximum Gasteiger partial charge on any atom is 0.254 e. The molecule has 1 amide bonds. The van der Waals surface area contributed by atoms with Gasteiger partial charge < -0.3 is 19.3 Å². The summed E-state index contributed by atoms with van der Waals surface area (Å²) in [7, 11) is 0. The molecule has 5 heteroatoms. The van der Waals surface area contributed by atoms with Crippen LogP contribution in [0.15, 0.2) is 42.5 Å². The third-order valence-electron chi connectivity index (χ3n) is 6.14. The van der Waals surface area contributed by atoms with Crippen molar-refractivity contribution >= 4 is 5.91 Å². The first kappa shape index (κ1) is 17.6. The molecule has 146 valence electrons. The summed E-state index contributed by atoms with van der Waals surface area (Å²) in [6, 6.07) is 14.3. The van der Waals surface area contributed by atoms with Gasteiger partial charge in [0, 0.05) is 24.7 Å². The van der Waals surface area contributed by atoms with Crippen LogP contribution >= 0.6 is 0 Å². The van der Waals surface area contributed by atoms with E-state index in [4.69, 9.17) is 9.47 Å². The first-order chi connectivity index (χ1) is 13.8. The molecule has 1 unspecified atom stereocenters. The van der Waals surface area contributed by atoms with Gasteiger partial charge in [-0.25, -0.2) is 0 Å². The zero-order chi connectivity index (χ0) is 18.9. The third-order valence-corrected chi connectivity index (χ3v) is 6.14. The first-order valence-corrected chi connectivity index (χ1v) is 10.3. The Bertz CT molecular complexity index is 859. The Kier molecular flexibility index (Phi) is 4.69. The minimum Gasteiger partial charge on any atom is -0.454 e. The maximum atomic E-state index is 13.1. The van der Waals surface area contributed by atoms with E-state index in [1.54, 1.807) is 0 Å². The molecule has 3 heterocycles. The molecule has 3 aliphatic rings. The molecule has 0 aromatic heterocycles. The molecule has 2 fully saturated rings. The van der Waals surface area contributed by atoms with Gasteiger partial charge in [-0.15, -0.1) is 0 Å². The Morgan fingerprint density at radius 1 is 0.893 bits per heavy atom. The van der Waals surface area contributed by atoms with E-state index >= 15 is 0 Å². The van der Waals surface area contributed by atoms with Crippen molar-refractivity contribution in [3.05, 3.63) is 48.0 Å². The minimum atomic E-state index is 0.166. The van der Waals surface area contributed by atoms with Crippen molar-refractivity contribution < 1.29 is 14.3 Å². The standard InChI is InChI=1S/C23H26N2O3/c26-23(25-13-3-4-20(25)15-24-11-1-2-12-24)18-7-5-17(6-8-18)19-9-10-21-22(14-19)28-16-27-21/h5-10,14,20H,1-4,11-13,15-16H2. The number of ether oxygens (including phenoxy) is 2. The number of carbonyl (C=O) groups is 1. The van der Waals surface area contributed by atoms with Gasteiger partial charge in [-0.3, -0.25) is 4.79 Å². The second-order valence-corrected chi connectivity index (χ2v) is 7.95. The number of benzene rings is 2. The predicted octanol–water partition coefficient (Wildman–Crippen LogP) is 3.78. The van der Waals surface area contributed by atoms with Gasteiger partial charge in [0.1, 0.15) is 0 Å². The average Bonchev–Trinajstić information content (AvgIpc) is 3.49. The van der Waals surface area contributed by atoms with E-state index in [1.807, 2.05) is 42.5 Å². The topological polar surface area (TPSA) is 42.0 Å². The highest BCUT2D eigenvalue weighted by Crippen LogP contribution is 2.36. The van der Waals surface area contributed by atoms with E-state index < -0.39 is 0 Å². The van der Waals surface area contributed by atoms with Crippen molar-refractivity contribution in [2.24, 2.45) is 0 Å². The molecule has 28 heavy (non-hydrogen) atoms. The van der Waals surface area contributed by atoms with E-state index in [2.05, 4.69) is 9.80 Å². The van der Waals surface area contributed by atoms with Crippen LogP contribution in [0.4, 0.5) is 0 Å². The van der Waals surface area contributed by atoms with Crippen molar-refractivity contribution in [3.8, 4) is 22.6 Å². The van der Waals surface area contributed by atoms with Crippen LogP contribution in [-0.2, 0) is 0 Å². The van der Waals surface area contributed by atoms with Crippen LogP contribution in [-0.4, -0.2) is 54.7 Å². The van der Waals surface area contributed by atoms with E-state index in [9.17, 15) is 4.79 Å². The molecule has 1 atom stereocenters. The Morgan fingerprint density at radius 2 is 1.64 bits per heavy atom. The number of fused-ring (bicyclic) bond motifs is 1. The number of likely N-dealkylation sites (tertiary alicyclic amines) is 2. The van der Waals surface area contributed by atoms with Crippen LogP contribution < -0.4 is 9.47 Å². The molecule has 0 bridgehead atoms. The Balaban J connectivity index is 1.30. The highest BCUT2D eigenvalue weighted by atomic mass is 16.7. The summed E-state index contributed by atoms with van der Waals surface area (Å²) in [6.45, 7) is 4.55. The molecule has 0 spiro atoms. The molecule has 3 aliphatic heterocycles. The van der Waals surface area contributed by atoms with Gasteiger partial charge in [0.25, 0.3) is 5.91 Å². The second-order valence-electron chi connectivity index (χ2n) is 7.95. The molecule has 0 saturated carbocycles. The SMILES string of the molecule is O=C(c1ccc(-c2ccc3c(c2)OCO3)cc1)N1CCCC1CN1CCCC1. The number of rotatable bonds is 4. The first-order valence-electron chi connectivity index (χ1n) is 10.3. The molecule has 5 nitrogen and oxygen atoms in total. The summed E-state index contributed by atoms with van der Waals surface area (Å²) in [5.41, 5.74) is 2.92. The van der Waals surface area contributed by atoms with Crippen LogP contribution in [0.2, 0.25) is 0 Å². The Morgan fingerprint density at radius 3 is 2.46 bits per heavy atom. The molecule has 2 aromatic carbocycles. The molecule has 2 aromatic rings. The molecule has 0 N–H and O–H groups in total. The molecular formula is C23H26N2O3. The van der Waals surface area contributed by atoms with Crippen LogP contribution in [0.1, 0.15) is 36.0 Å². The lowest BCUT2D eigenvalue weighted by Gasteiger charge is -2.28. The van der Waals surface area contributed by atoms with E-state index in [0.29, 0.717) is 6.04 Å². The number of hydrogen-bond donors (Lipinski definition) is 0. The van der Waals surface area contributed by atoms with Crippen LogP contribution in [0.3, 0.4) is 0 Å². The van der Waals surface area contributed by atoms with Gasteiger partial charge >= 0.3 is 0 Å². The lowest BCUT2D eigenvalue weighted by Crippen LogP contribution is -2.42. The van der Waals surface area contributed by atoms with E-state index in [1.165, 1.54) is 25.9 Å². The normalized spacial score (nSPS) is 21.4. The predicted molar refractivity (Wildman–Crippen MR) is 108 cm³/mol. The number of amides is 1. The van der Waals surface area contributed by atoms with Gasteiger partial charge in [-0.2, -0.15) is 0 Å². The highest BCUT2D eigenvalue weighted by molar-refractivity contribution is 5.95. The van der Waals surface area contributed by atoms with Crippen molar-refractivity contribution in [2.45, 2.75) is 31.7 Å². The molecule has 5 rings (SSSR count). The van der Waals surface area contributed by atoms with Gasteiger partial charge in [0.2, 0.25) is 6.79 Å². The summed E-state index contributed by atoms with van der Waals surface area (Å²) in [5, 5.41) is 0. The minimum absolute atomic E-state index is 0.166. The molecule has 0 aliphatic carbocycles. The monoisotopic (exact) mass is 378 g/mol. The molecular weight excluding hydrogens is 352 g/mol. The van der Waals surface area contributed by atoms with Crippen LogP contribution in [0.5, 0.6) is 11.5 Å². The quantitative estimate of drug-likeness (QED) is 0.812. The number of nitrogens with zero attached hydrogens (tertiary/aromatic N) is 2. The Hall–Kier alpha value is -2.53. The van der Waals surface area contributed by atoms with Gasteiger partial charge in [-0.05, 0) is 74.2 Å². The lowest BCUT2D eigenvalue weighted by atomic mass is 10.0. The number of carbonyl (C=O) groups excluding carboxylic acids is 1. The largest absolute Gasteiger partial charge is 0.454 e. The molecule has 0 radical (unpaired) electrons. The second kappa shape index (κ2) is 7.47. The summed E-state index contributed by atoms with van der Waals surface area (Å²) in [5.74, 6) is 1.73. The summed E-state index contributed by atoms with van der Waals surface area (Å²) in [6.07, 6.45) is 4.82. The van der Waals surface area contributed by atoms with E-state index in [-0.39, 0.29) is 12.7 Å². The number of hydrogen-bond acceptors (Lipinski definition) is 4. The van der Waals surface area contributed by atoms with Gasteiger partial charge in [-0.1, -0.05) is 18.2 Å². The summed E-state index contributed by atoms with van der Waals surface area (Å²) >= 11 is 0. The lowest BCUT2D eigenvalue weighted by molar-refractivity contribution is 0.0709. The van der Waals surface area contributed by atoms with Crippen molar-refractivity contribution in [2.75, 3.05) is 33.0 Å². The van der Waals surface area contributed by atoms with Crippen LogP contribution in [0.25, 0.3) is 11.1 Å². The van der Waals surface area contributed by atoms with Crippen LogP contribution in [0, 0.1) is 0 Å². The van der Waals surface area contributed by atoms with Crippen molar-refractivity contribution in [1.29, 1.82) is 0 Å². The van der Waals surface area contributed by atoms with E-state index in [0.717, 1.165) is 54.1 Å². The van der Waals surface area contributed by atoms with Crippen molar-refractivity contribution in [1.82, 2.24) is 9.80 Å². The third kappa shape index (κ3) is 3.35. The van der Waals surface area contributed by atoms with Gasteiger partial charge in [0.05, 0.1) is 0 Å². The smallest absolute Gasteiger partial charge is 0.254 e. The fourth-order valence-corrected chi connectivity index (χ4v) is 4.60. The van der Waals surface area contributed by atoms with Gasteiger partial charge in [0.15, 0.2) is 11.5 Å². The summed E-state index contributed by atoms with van der Waals surface area (Å²) < 4.78 is 10.8. The zero-order valence-electron chi connectivity index (χ0n) is 16.1. The zero-order valence-corrected chi connectivity index (χ0v) is 16.1. The van der Waals surface area contributed by atoms with Crippen molar-refractivity contribution in [3.63, 3.8) is 0 Å². The fourth-order valence-electron chi connectivity index (χ4n) is 4.60. The molecule has 2 saturated heterocycles.